The molecule has 2 aromatic rings. The van der Waals surface area contributed by atoms with Gasteiger partial charge in [-0.25, -0.2) is 9.59 Å². The number of aromatic nitrogens is 1. The smallest absolute Gasteiger partial charge is 0.410 e. The van der Waals surface area contributed by atoms with Gasteiger partial charge in [0.1, 0.15) is 5.60 Å². The van der Waals surface area contributed by atoms with Crippen LogP contribution >= 0.6 is 0 Å². The Morgan fingerprint density at radius 3 is 2.70 bits per heavy atom. The minimum absolute atomic E-state index is 0.0672. The molecule has 1 aromatic carbocycles. The summed E-state index contributed by atoms with van der Waals surface area (Å²) in [5.41, 5.74) is 10.9. The van der Waals surface area contributed by atoms with E-state index in [1.165, 1.54) is 22.4 Å². The van der Waals surface area contributed by atoms with Crippen LogP contribution in [0.4, 0.5) is 15.3 Å². The molecule has 3 amide bonds. The van der Waals surface area contributed by atoms with Crippen LogP contribution in [0.15, 0.2) is 36.5 Å². The normalized spacial score (nSPS) is 20.4. The average Bonchev–Trinajstić information content (AvgIpc) is 2.99. The van der Waals surface area contributed by atoms with E-state index in [-0.39, 0.29) is 18.2 Å². The fraction of sp³-hybridized carbons (Fsp3) is 0.606. The number of nitrogens with two attached hydrogens (primary N) is 1. The van der Waals surface area contributed by atoms with Crippen molar-refractivity contribution in [1.29, 1.82) is 0 Å². The van der Waals surface area contributed by atoms with Crippen molar-refractivity contribution in [2.24, 2.45) is 5.73 Å². The van der Waals surface area contributed by atoms with Gasteiger partial charge in [0.2, 0.25) is 0 Å². The van der Waals surface area contributed by atoms with Gasteiger partial charge in [-0.2, -0.15) is 0 Å². The zero-order chi connectivity index (χ0) is 30.4. The highest BCUT2D eigenvalue weighted by molar-refractivity contribution is 5.71. The lowest BCUT2D eigenvalue weighted by Gasteiger charge is -2.44. The second-order valence-electron chi connectivity index (χ2n) is 12.9. The van der Waals surface area contributed by atoms with Gasteiger partial charge in [0.05, 0.1) is 31.0 Å². The Morgan fingerprint density at radius 1 is 1.14 bits per heavy atom. The minimum atomic E-state index is -0.586. The second kappa shape index (κ2) is 13.9. The number of morpholine rings is 1. The molecular weight excluding hydrogens is 544 g/mol. The number of hydrogen-bond acceptors (Lipinski definition) is 7. The van der Waals surface area contributed by atoms with Crippen LogP contribution in [0.5, 0.6) is 0 Å². The van der Waals surface area contributed by atoms with E-state index in [9.17, 15) is 9.59 Å². The number of hydrogen-bond donors (Lipinski definition) is 2. The number of ether oxygens (including phenoxy) is 2. The first-order valence-corrected chi connectivity index (χ1v) is 15.8. The van der Waals surface area contributed by atoms with Crippen molar-refractivity contribution in [2.75, 3.05) is 50.8 Å². The number of rotatable bonds is 9. The molecule has 0 bridgehead atoms. The van der Waals surface area contributed by atoms with Crippen LogP contribution in [0, 0.1) is 0 Å². The number of fused-ring (bicyclic) bond motifs is 2. The Labute approximate surface area is 255 Å². The zero-order valence-corrected chi connectivity index (χ0v) is 26.0. The third-order valence-electron chi connectivity index (χ3n) is 8.67. The van der Waals surface area contributed by atoms with E-state index in [4.69, 9.17) is 20.2 Å². The van der Waals surface area contributed by atoms with Crippen molar-refractivity contribution in [1.82, 2.24) is 20.1 Å². The lowest BCUT2D eigenvalue weighted by Crippen LogP contribution is -2.52. The fourth-order valence-electron chi connectivity index (χ4n) is 6.70. The van der Waals surface area contributed by atoms with Gasteiger partial charge in [0.15, 0.2) is 0 Å². The Morgan fingerprint density at radius 2 is 1.93 bits per heavy atom. The quantitative estimate of drug-likeness (QED) is 0.415. The van der Waals surface area contributed by atoms with Crippen molar-refractivity contribution in [2.45, 2.75) is 83.5 Å². The predicted molar refractivity (Wildman–Crippen MR) is 167 cm³/mol. The lowest BCUT2D eigenvalue weighted by atomic mass is 9.88. The fourth-order valence-corrected chi connectivity index (χ4v) is 6.70. The van der Waals surface area contributed by atoms with Crippen molar-refractivity contribution >= 4 is 17.8 Å². The minimum Gasteiger partial charge on any atom is -0.444 e. The third-order valence-corrected chi connectivity index (χ3v) is 8.67. The van der Waals surface area contributed by atoms with Crippen LogP contribution in [-0.4, -0.2) is 84.5 Å². The van der Waals surface area contributed by atoms with E-state index in [0.717, 1.165) is 77.1 Å². The Balaban J connectivity index is 1.45. The van der Waals surface area contributed by atoms with Crippen LogP contribution < -0.4 is 16.0 Å². The molecule has 3 N–H and O–H groups in total. The van der Waals surface area contributed by atoms with Crippen molar-refractivity contribution in [3.8, 4) is 0 Å². The number of aryl methyl sites for hydroxylation is 1. The van der Waals surface area contributed by atoms with Crippen LogP contribution in [0.25, 0.3) is 0 Å². The van der Waals surface area contributed by atoms with Gasteiger partial charge in [-0.3, -0.25) is 14.8 Å². The summed E-state index contributed by atoms with van der Waals surface area (Å²) in [5, 5.41) is 2.71. The first-order valence-electron chi connectivity index (χ1n) is 15.8. The van der Waals surface area contributed by atoms with Crippen molar-refractivity contribution in [3.63, 3.8) is 0 Å². The summed E-state index contributed by atoms with van der Waals surface area (Å²) in [5.74, 6) is 0. The van der Waals surface area contributed by atoms with E-state index in [2.05, 4.69) is 39.4 Å². The molecule has 10 nitrogen and oxygen atoms in total. The van der Waals surface area contributed by atoms with Gasteiger partial charge in [-0.05, 0) is 94.7 Å². The summed E-state index contributed by atoms with van der Waals surface area (Å²) in [6.45, 7) is 11.6. The molecule has 1 fully saturated rings. The van der Waals surface area contributed by atoms with Crippen molar-refractivity contribution < 1.29 is 19.1 Å². The highest BCUT2D eigenvalue weighted by atomic mass is 16.6. The number of carbonyl (C=O) groups excluding carboxylic acids is 2. The molecule has 1 aliphatic carbocycles. The molecule has 2 atom stereocenters. The molecule has 0 spiro atoms. The highest BCUT2D eigenvalue weighted by Crippen LogP contribution is 2.37. The number of unbranched alkanes of at least 4 members (excludes halogenated alkanes) is 1. The number of nitrogens with one attached hydrogen (secondary N) is 1. The average molecular weight is 593 g/mol. The summed E-state index contributed by atoms with van der Waals surface area (Å²) in [6, 6.07) is 10.3. The summed E-state index contributed by atoms with van der Waals surface area (Å²) in [4.78, 5) is 36.7. The number of pyridine rings is 1. The van der Waals surface area contributed by atoms with Crippen LogP contribution in [0.2, 0.25) is 0 Å². The first kappa shape index (κ1) is 31.1. The van der Waals surface area contributed by atoms with Crippen molar-refractivity contribution in [3.05, 3.63) is 58.9 Å². The SMILES string of the molecule is CC(C)(C)OC(=O)N1Cc2cccc(N3CCOCC3)c2C[C@@H]1CN(CCCCNC(N)=O)[C@H]1CCCc2cccnc21. The van der Waals surface area contributed by atoms with E-state index in [0.29, 0.717) is 19.6 Å². The van der Waals surface area contributed by atoms with Gasteiger partial charge in [-0.1, -0.05) is 18.2 Å². The second-order valence-corrected chi connectivity index (χ2v) is 12.9. The van der Waals surface area contributed by atoms with Crippen LogP contribution in [0.3, 0.4) is 0 Å². The number of nitrogens with zero attached hydrogens (tertiary/aromatic N) is 4. The largest absolute Gasteiger partial charge is 0.444 e. The monoisotopic (exact) mass is 592 g/mol. The molecule has 2 aliphatic heterocycles. The molecule has 0 saturated carbocycles. The lowest BCUT2D eigenvalue weighted by molar-refractivity contribution is 0.00456. The number of carbonyl (C=O) groups is 2. The Bertz CT molecular complexity index is 1260. The number of benzene rings is 1. The summed E-state index contributed by atoms with van der Waals surface area (Å²) in [7, 11) is 0. The van der Waals surface area contributed by atoms with E-state index < -0.39 is 11.6 Å². The molecule has 234 valence electrons. The van der Waals surface area contributed by atoms with E-state index in [1.54, 1.807) is 0 Å². The predicted octanol–water partition coefficient (Wildman–Crippen LogP) is 4.41. The standard InChI is InChI=1S/C33H48N6O4/c1-33(2,3)43-32(41)39-22-25-10-7-12-28(37-17-19-42-20-18-37)27(25)21-26(39)23-38(16-5-4-14-36-31(34)40)29-13-6-9-24-11-8-15-35-30(24)29/h7-8,10-12,15,26,29H,4-6,9,13-14,16-23H2,1-3H3,(H3,34,36,40)/t26-,29+/m1/s1. The van der Waals surface area contributed by atoms with Gasteiger partial charge in [-0.15, -0.1) is 0 Å². The van der Waals surface area contributed by atoms with E-state index >= 15 is 0 Å². The maximum Gasteiger partial charge on any atom is 0.410 e. The zero-order valence-electron chi connectivity index (χ0n) is 26.0. The maximum absolute atomic E-state index is 13.7. The number of anilines is 1. The van der Waals surface area contributed by atoms with Gasteiger partial charge in [0.25, 0.3) is 0 Å². The topological polar surface area (TPSA) is 113 Å². The third kappa shape index (κ3) is 7.97. The van der Waals surface area contributed by atoms with Gasteiger partial charge < -0.3 is 25.4 Å². The number of primary amides is 1. The highest BCUT2D eigenvalue weighted by Gasteiger charge is 2.37. The van der Waals surface area contributed by atoms with Crippen LogP contribution in [0.1, 0.15) is 74.9 Å². The number of urea groups is 1. The molecule has 1 saturated heterocycles. The Kier molecular flexibility index (Phi) is 10.1. The molecule has 43 heavy (non-hydrogen) atoms. The molecule has 3 aliphatic rings. The maximum atomic E-state index is 13.7. The summed E-state index contributed by atoms with van der Waals surface area (Å²) >= 11 is 0. The number of amides is 3. The first-order chi connectivity index (χ1) is 20.7. The summed E-state index contributed by atoms with van der Waals surface area (Å²) < 4.78 is 11.6. The van der Waals surface area contributed by atoms with Gasteiger partial charge >= 0.3 is 12.1 Å². The van der Waals surface area contributed by atoms with Gasteiger partial charge in [0, 0.05) is 44.6 Å². The molecule has 10 heteroatoms. The molecular formula is C33H48N6O4. The molecule has 0 unspecified atom stereocenters. The van der Waals surface area contributed by atoms with Crippen LogP contribution in [-0.2, 0) is 28.9 Å². The summed E-state index contributed by atoms with van der Waals surface area (Å²) in [6.07, 6.45) is 7.27. The molecule has 0 radical (unpaired) electrons. The molecule has 1 aromatic heterocycles. The Hall–Kier alpha value is -3.37. The molecule has 3 heterocycles. The van der Waals surface area contributed by atoms with E-state index in [1.807, 2.05) is 37.9 Å². The molecule has 5 rings (SSSR count).